The molecule has 2 aromatic rings. The molecule has 162 valence electrons. The molecule has 1 spiro atoms. The number of carbonyl (C=O) groups is 3. The van der Waals surface area contributed by atoms with E-state index in [1.807, 2.05) is 43.3 Å². The number of hydrogen-bond acceptors (Lipinski definition) is 4. The molecule has 7 heteroatoms. The summed E-state index contributed by atoms with van der Waals surface area (Å²) >= 11 is 0. The van der Waals surface area contributed by atoms with Gasteiger partial charge in [0.2, 0.25) is 5.91 Å². The van der Waals surface area contributed by atoms with Crippen LogP contribution in [0.3, 0.4) is 0 Å². The Balaban J connectivity index is 1.51. The van der Waals surface area contributed by atoms with Gasteiger partial charge in [-0.05, 0) is 24.6 Å². The first-order valence-electron chi connectivity index (χ1n) is 10.5. The number of hydrogen-bond donors (Lipinski definition) is 1. The number of piperidine rings is 1. The van der Waals surface area contributed by atoms with Crippen LogP contribution < -0.4 is 0 Å². The van der Waals surface area contributed by atoms with E-state index in [0.717, 1.165) is 11.1 Å². The Morgan fingerprint density at radius 3 is 2.42 bits per heavy atom. The highest BCUT2D eigenvalue weighted by Crippen LogP contribution is 2.38. The van der Waals surface area contributed by atoms with E-state index < -0.39 is 17.7 Å². The van der Waals surface area contributed by atoms with Gasteiger partial charge >= 0.3 is 5.97 Å². The molecule has 2 heterocycles. The Kier molecular flexibility index (Phi) is 5.78. The lowest BCUT2D eigenvalue weighted by Gasteiger charge is -2.44. The fourth-order valence-corrected chi connectivity index (χ4v) is 4.46. The van der Waals surface area contributed by atoms with Crippen LogP contribution in [-0.2, 0) is 20.7 Å². The summed E-state index contributed by atoms with van der Waals surface area (Å²) in [6.45, 7) is 2.66. The summed E-state index contributed by atoms with van der Waals surface area (Å²) in [6, 6.07) is 15.6. The molecule has 4 rings (SSSR count). The van der Waals surface area contributed by atoms with Crippen LogP contribution in [0.5, 0.6) is 0 Å². The molecule has 31 heavy (non-hydrogen) atoms. The molecule has 2 saturated heterocycles. The lowest BCUT2D eigenvalue weighted by atomic mass is 9.96. The number of nitrogens with zero attached hydrogens (tertiary/aromatic N) is 2. The third kappa shape index (κ3) is 4.18. The van der Waals surface area contributed by atoms with Crippen molar-refractivity contribution in [3.63, 3.8) is 0 Å². The second kappa shape index (κ2) is 8.51. The van der Waals surface area contributed by atoms with Crippen LogP contribution in [0.2, 0.25) is 0 Å². The van der Waals surface area contributed by atoms with Crippen molar-refractivity contribution in [2.75, 3.05) is 19.7 Å². The minimum Gasteiger partial charge on any atom is -0.480 e. The van der Waals surface area contributed by atoms with Gasteiger partial charge in [0.05, 0.1) is 13.0 Å². The van der Waals surface area contributed by atoms with Gasteiger partial charge in [-0.15, -0.1) is 0 Å². The average molecular weight is 422 g/mol. The zero-order valence-corrected chi connectivity index (χ0v) is 17.5. The normalized spacial score (nSPS) is 20.1. The zero-order valence-electron chi connectivity index (χ0n) is 17.5. The first kappa shape index (κ1) is 21.1. The Hall–Kier alpha value is -3.19. The monoisotopic (exact) mass is 422 g/mol. The van der Waals surface area contributed by atoms with Crippen molar-refractivity contribution in [2.24, 2.45) is 0 Å². The van der Waals surface area contributed by atoms with E-state index >= 15 is 0 Å². The molecule has 0 bridgehead atoms. The molecule has 0 unspecified atom stereocenters. The third-order valence-corrected chi connectivity index (χ3v) is 6.13. The minimum atomic E-state index is -1.08. The highest BCUT2D eigenvalue weighted by molar-refractivity contribution is 5.97. The van der Waals surface area contributed by atoms with Crippen molar-refractivity contribution in [1.29, 1.82) is 0 Å². The molecule has 0 saturated carbocycles. The molecule has 1 N–H and O–H groups in total. The summed E-state index contributed by atoms with van der Waals surface area (Å²) in [6.07, 6.45) is 1.09. The van der Waals surface area contributed by atoms with E-state index in [1.54, 1.807) is 23.1 Å². The zero-order chi connectivity index (χ0) is 22.0. The van der Waals surface area contributed by atoms with Crippen LogP contribution in [0.4, 0.5) is 0 Å². The van der Waals surface area contributed by atoms with Gasteiger partial charge in [-0.1, -0.05) is 48.0 Å². The second-order valence-electron chi connectivity index (χ2n) is 8.20. The van der Waals surface area contributed by atoms with Gasteiger partial charge < -0.3 is 14.7 Å². The first-order valence-corrected chi connectivity index (χ1v) is 10.5. The van der Waals surface area contributed by atoms with Crippen LogP contribution in [-0.4, -0.2) is 64.2 Å². The van der Waals surface area contributed by atoms with Crippen molar-refractivity contribution in [3.05, 3.63) is 71.3 Å². The molecule has 2 aromatic carbocycles. The van der Waals surface area contributed by atoms with E-state index in [1.165, 1.54) is 4.90 Å². The molecule has 2 amide bonds. The highest BCUT2D eigenvalue weighted by atomic mass is 16.5. The molecule has 0 radical (unpaired) electrons. The molecule has 2 aliphatic heterocycles. The molecule has 2 fully saturated rings. The molecule has 1 atom stereocenters. The van der Waals surface area contributed by atoms with E-state index in [2.05, 4.69) is 0 Å². The number of aryl methyl sites for hydroxylation is 1. The summed E-state index contributed by atoms with van der Waals surface area (Å²) in [5.74, 6) is -1.41. The number of aliphatic carboxylic acids is 1. The molecule has 7 nitrogen and oxygen atoms in total. The van der Waals surface area contributed by atoms with Crippen molar-refractivity contribution < 1.29 is 24.2 Å². The lowest BCUT2D eigenvalue weighted by molar-refractivity contribution is -0.147. The van der Waals surface area contributed by atoms with Crippen molar-refractivity contribution in [1.82, 2.24) is 9.80 Å². The van der Waals surface area contributed by atoms with Crippen molar-refractivity contribution in [3.8, 4) is 0 Å². The van der Waals surface area contributed by atoms with Gasteiger partial charge in [0, 0.05) is 31.5 Å². The van der Waals surface area contributed by atoms with Crippen molar-refractivity contribution >= 4 is 17.8 Å². The molecular formula is C24H26N2O5. The Morgan fingerprint density at radius 1 is 1.06 bits per heavy atom. The maximum atomic E-state index is 13.3. The fourth-order valence-electron chi connectivity index (χ4n) is 4.46. The second-order valence-corrected chi connectivity index (χ2v) is 8.20. The van der Waals surface area contributed by atoms with Crippen LogP contribution in [0, 0.1) is 6.92 Å². The number of benzene rings is 2. The number of rotatable bonds is 4. The number of ether oxygens (including phenoxy) is 1. The molecule has 2 aliphatic rings. The summed E-state index contributed by atoms with van der Waals surface area (Å²) < 4.78 is 5.97. The minimum absolute atomic E-state index is 0.0189. The van der Waals surface area contributed by atoms with Gasteiger partial charge in [0.15, 0.2) is 6.04 Å². The first-order chi connectivity index (χ1) is 14.9. The SMILES string of the molecule is Cc1cccc(C(=O)N2[C@H](C(=O)O)COC23CCN(C(=O)Cc2ccccc2)CC3)c1. The number of carboxylic acids is 1. The summed E-state index contributed by atoms with van der Waals surface area (Å²) in [7, 11) is 0. The number of likely N-dealkylation sites (tertiary alicyclic amines) is 1. The van der Waals surface area contributed by atoms with E-state index in [4.69, 9.17) is 4.74 Å². The maximum Gasteiger partial charge on any atom is 0.328 e. The largest absolute Gasteiger partial charge is 0.480 e. The average Bonchev–Trinajstić information content (AvgIpc) is 3.13. The standard InChI is InChI=1S/C24H26N2O5/c1-17-6-5-9-19(14-17)22(28)26-20(23(29)30)16-31-24(26)10-12-25(13-11-24)21(27)15-18-7-3-2-4-8-18/h2-9,14,20H,10-13,15-16H2,1H3,(H,29,30)/t20-/m0/s1. The van der Waals surface area contributed by atoms with E-state index in [0.29, 0.717) is 37.9 Å². The predicted octanol–water partition coefficient (Wildman–Crippen LogP) is 2.48. The fraction of sp³-hybridized carbons (Fsp3) is 0.375. The smallest absolute Gasteiger partial charge is 0.328 e. The van der Waals surface area contributed by atoms with Crippen LogP contribution in [0.1, 0.15) is 34.3 Å². The quantitative estimate of drug-likeness (QED) is 0.818. The van der Waals surface area contributed by atoms with Gasteiger partial charge in [0.25, 0.3) is 5.91 Å². The van der Waals surface area contributed by atoms with E-state index in [-0.39, 0.29) is 18.4 Å². The summed E-state index contributed by atoms with van der Waals surface area (Å²) in [4.78, 5) is 41.1. The maximum absolute atomic E-state index is 13.3. The van der Waals surface area contributed by atoms with Gasteiger partial charge in [-0.25, -0.2) is 4.79 Å². The topological polar surface area (TPSA) is 87.2 Å². The van der Waals surface area contributed by atoms with Gasteiger partial charge in [-0.3, -0.25) is 14.5 Å². The molecular weight excluding hydrogens is 396 g/mol. The summed E-state index contributed by atoms with van der Waals surface area (Å²) in [5.41, 5.74) is 1.31. The Labute approximate surface area is 181 Å². The Morgan fingerprint density at radius 2 is 1.77 bits per heavy atom. The van der Waals surface area contributed by atoms with E-state index in [9.17, 15) is 19.5 Å². The van der Waals surface area contributed by atoms with Gasteiger partial charge in [-0.2, -0.15) is 0 Å². The van der Waals surface area contributed by atoms with Crippen LogP contribution >= 0.6 is 0 Å². The van der Waals surface area contributed by atoms with Gasteiger partial charge in [0.1, 0.15) is 5.72 Å². The number of carbonyl (C=O) groups excluding carboxylic acids is 2. The van der Waals surface area contributed by atoms with Crippen molar-refractivity contribution in [2.45, 2.75) is 38.0 Å². The number of amides is 2. The third-order valence-electron chi connectivity index (χ3n) is 6.13. The Bertz CT molecular complexity index is 982. The summed E-state index contributed by atoms with van der Waals surface area (Å²) in [5, 5.41) is 9.71. The highest BCUT2D eigenvalue weighted by Gasteiger charge is 2.54. The molecule has 0 aromatic heterocycles. The van der Waals surface area contributed by atoms with Crippen LogP contribution in [0.25, 0.3) is 0 Å². The predicted molar refractivity (Wildman–Crippen MR) is 113 cm³/mol. The lowest BCUT2D eigenvalue weighted by Crippen LogP contribution is -2.58. The van der Waals surface area contributed by atoms with Crippen LogP contribution in [0.15, 0.2) is 54.6 Å². The molecule has 0 aliphatic carbocycles. The number of carboxylic acid groups (broad SMARTS) is 1.